The Morgan fingerprint density at radius 3 is 0.488 bits per heavy atom. The van der Waals surface area contributed by atoms with Gasteiger partial charge in [0, 0.05) is 36.3 Å². The van der Waals surface area contributed by atoms with Gasteiger partial charge >= 0.3 is 7.32 Å². The molecule has 0 bridgehead atoms. The molecule has 0 aromatic rings. The highest BCUT2D eigenvalue weighted by Crippen LogP contribution is 2.25. The molecule has 0 amide bonds. The van der Waals surface area contributed by atoms with Gasteiger partial charge in [-0.25, -0.2) is 0 Å². The van der Waals surface area contributed by atoms with Gasteiger partial charge in [0.1, 0.15) is 0 Å². The van der Waals surface area contributed by atoms with Crippen LogP contribution in [0.4, 0.5) is 0 Å². The van der Waals surface area contributed by atoms with Crippen molar-refractivity contribution in [2.24, 2.45) is 0 Å². The summed E-state index contributed by atoms with van der Waals surface area (Å²) in [5.74, 6) is 0. The second-order valence-corrected chi connectivity index (χ2v) is 14.9. The zero-order chi connectivity index (χ0) is 30.4. The van der Waals surface area contributed by atoms with E-state index < -0.39 is 7.32 Å². The molecule has 6 nitrogen and oxygen atoms in total. The van der Waals surface area contributed by atoms with Crippen LogP contribution in [0.1, 0.15) is 193 Å². The molecular formula is C36H72BN3O3. The molecule has 0 atom stereocenters. The van der Waals surface area contributed by atoms with Gasteiger partial charge in [0.25, 0.3) is 0 Å². The van der Waals surface area contributed by atoms with Crippen LogP contribution in [0.25, 0.3) is 0 Å². The van der Waals surface area contributed by atoms with E-state index in [4.69, 9.17) is 15.1 Å². The highest BCUT2D eigenvalue weighted by molar-refractivity contribution is 6.30. The molecule has 252 valence electrons. The first kappa shape index (κ1) is 37.3. The summed E-state index contributed by atoms with van der Waals surface area (Å²) in [4.78, 5) is 0. The Hall–Kier alpha value is -0.175. The smallest absolute Gasteiger partial charge is 0.402 e. The van der Waals surface area contributed by atoms with Gasteiger partial charge in [-0.2, -0.15) is 0 Å². The highest BCUT2D eigenvalue weighted by Gasteiger charge is 2.21. The van der Waals surface area contributed by atoms with Crippen molar-refractivity contribution in [1.29, 1.82) is 0 Å². The molecule has 6 rings (SSSR count). The van der Waals surface area contributed by atoms with Crippen molar-refractivity contribution < 1.29 is 15.1 Å². The Morgan fingerprint density at radius 2 is 0.372 bits per heavy atom. The molecule has 0 radical (unpaired) electrons. The molecule has 6 fully saturated rings. The fourth-order valence-electron chi connectivity index (χ4n) is 8.62. The van der Waals surface area contributed by atoms with E-state index in [-0.39, 0.29) is 0 Å². The molecule has 6 aliphatic carbocycles. The summed E-state index contributed by atoms with van der Waals surface area (Å²) in [6, 6.07) is 5.23. The van der Waals surface area contributed by atoms with Crippen molar-refractivity contribution in [1.82, 2.24) is 16.0 Å². The van der Waals surface area contributed by atoms with E-state index in [0.29, 0.717) is 0 Å². The highest BCUT2D eigenvalue weighted by atomic mass is 16.5. The summed E-state index contributed by atoms with van der Waals surface area (Å²) in [7, 11) is -2.17. The van der Waals surface area contributed by atoms with E-state index in [9.17, 15) is 0 Å². The van der Waals surface area contributed by atoms with Gasteiger partial charge in [-0.05, 0) is 77.0 Å². The Morgan fingerprint density at radius 1 is 0.256 bits per heavy atom. The van der Waals surface area contributed by atoms with Gasteiger partial charge in [0.05, 0.1) is 0 Å². The van der Waals surface area contributed by atoms with E-state index in [2.05, 4.69) is 16.0 Å². The van der Waals surface area contributed by atoms with Crippen molar-refractivity contribution >= 4 is 7.32 Å². The maximum absolute atomic E-state index is 7.17. The summed E-state index contributed by atoms with van der Waals surface area (Å²) in [6.45, 7) is 0. The lowest BCUT2D eigenvalue weighted by Gasteiger charge is -2.30. The van der Waals surface area contributed by atoms with E-state index in [1.165, 1.54) is 193 Å². The molecule has 0 saturated heterocycles. The number of nitrogens with one attached hydrogen (secondary N) is 3. The first-order chi connectivity index (χ1) is 21.1. The van der Waals surface area contributed by atoms with Crippen LogP contribution in [0.2, 0.25) is 0 Å². The second kappa shape index (κ2) is 24.1. The molecule has 0 aliphatic heterocycles. The lowest BCUT2D eigenvalue weighted by Crippen LogP contribution is -2.40. The minimum atomic E-state index is -2.17. The number of hydrogen-bond donors (Lipinski definition) is 6. The minimum absolute atomic E-state index is 0.872. The quantitative estimate of drug-likeness (QED) is 0.174. The van der Waals surface area contributed by atoms with Gasteiger partial charge in [-0.3, -0.25) is 0 Å². The third kappa shape index (κ3) is 18.5. The molecule has 0 aromatic carbocycles. The third-order valence-corrected chi connectivity index (χ3v) is 11.0. The Kier molecular flexibility index (Phi) is 20.9. The SMILES string of the molecule is C1CCC(NC2CCCCC2)CC1.C1CCC(NC2CCCCC2)CC1.C1CCC(NC2CCCCC2)CC1.OB(O)O. The van der Waals surface area contributed by atoms with Crippen LogP contribution in [-0.4, -0.2) is 58.6 Å². The van der Waals surface area contributed by atoms with Gasteiger partial charge in [-0.15, -0.1) is 0 Å². The zero-order valence-corrected chi connectivity index (χ0v) is 28.1. The Bertz CT molecular complexity index is 490. The van der Waals surface area contributed by atoms with Crippen molar-refractivity contribution in [3.63, 3.8) is 0 Å². The van der Waals surface area contributed by atoms with Crippen LogP contribution in [0.3, 0.4) is 0 Å². The first-order valence-corrected chi connectivity index (χ1v) is 19.4. The van der Waals surface area contributed by atoms with Crippen molar-refractivity contribution in [2.75, 3.05) is 0 Å². The van der Waals surface area contributed by atoms with Crippen LogP contribution >= 0.6 is 0 Å². The summed E-state index contributed by atoms with van der Waals surface area (Å²) in [5.41, 5.74) is 0. The molecule has 7 heteroatoms. The van der Waals surface area contributed by atoms with Gasteiger partial charge in [-0.1, -0.05) is 116 Å². The Balaban J connectivity index is 0.000000166. The van der Waals surface area contributed by atoms with E-state index in [1.807, 2.05) is 0 Å². The molecule has 6 aliphatic rings. The molecule has 6 saturated carbocycles. The molecule has 0 unspecified atom stereocenters. The summed E-state index contributed by atoms with van der Waals surface area (Å²) < 4.78 is 0. The van der Waals surface area contributed by atoms with Crippen molar-refractivity contribution in [3.8, 4) is 0 Å². The predicted molar refractivity (Wildman–Crippen MR) is 183 cm³/mol. The van der Waals surface area contributed by atoms with Gasteiger partial charge < -0.3 is 31.0 Å². The lowest BCUT2D eigenvalue weighted by atomic mass is 9.91. The monoisotopic (exact) mass is 606 g/mol. The average molecular weight is 606 g/mol. The number of hydrogen-bond acceptors (Lipinski definition) is 6. The van der Waals surface area contributed by atoms with Crippen molar-refractivity contribution in [3.05, 3.63) is 0 Å². The van der Waals surface area contributed by atoms with Crippen LogP contribution in [0.15, 0.2) is 0 Å². The summed E-state index contributed by atoms with van der Waals surface area (Å²) in [6.07, 6.45) is 43.7. The molecule has 0 aromatic heterocycles. The van der Waals surface area contributed by atoms with Crippen LogP contribution < -0.4 is 16.0 Å². The fraction of sp³-hybridized carbons (Fsp3) is 1.00. The predicted octanol–water partition coefficient (Wildman–Crippen LogP) is 7.67. The van der Waals surface area contributed by atoms with Gasteiger partial charge in [0.2, 0.25) is 0 Å². The van der Waals surface area contributed by atoms with E-state index >= 15 is 0 Å². The Labute approximate surface area is 266 Å². The normalized spacial score (nSPS) is 25.7. The first-order valence-electron chi connectivity index (χ1n) is 19.4. The van der Waals surface area contributed by atoms with Crippen LogP contribution in [-0.2, 0) is 0 Å². The van der Waals surface area contributed by atoms with E-state index in [0.717, 1.165) is 36.3 Å². The molecular weight excluding hydrogens is 533 g/mol. The summed E-state index contributed by atoms with van der Waals surface area (Å²) in [5, 5.41) is 33.1. The molecule has 6 N–H and O–H groups in total. The molecule has 0 spiro atoms. The average Bonchev–Trinajstić information content (AvgIpc) is 3.05. The van der Waals surface area contributed by atoms with E-state index in [1.54, 1.807) is 0 Å². The zero-order valence-electron chi connectivity index (χ0n) is 28.1. The maximum atomic E-state index is 7.17. The number of rotatable bonds is 6. The lowest BCUT2D eigenvalue weighted by molar-refractivity contribution is 0.278. The fourth-order valence-corrected chi connectivity index (χ4v) is 8.62. The molecule has 43 heavy (non-hydrogen) atoms. The second-order valence-electron chi connectivity index (χ2n) is 14.9. The van der Waals surface area contributed by atoms with Gasteiger partial charge in [0.15, 0.2) is 0 Å². The largest absolute Gasteiger partial charge is 0.631 e. The van der Waals surface area contributed by atoms with Crippen molar-refractivity contribution in [2.45, 2.75) is 229 Å². The maximum Gasteiger partial charge on any atom is 0.631 e. The van der Waals surface area contributed by atoms with Crippen LogP contribution in [0.5, 0.6) is 0 Å². The summed E-state index contributed by atoms with van der Waals surface area (Å²) >= 11 is 0. The molecule has 0 heterocycles. The minimum Gasteiger partial charge on any atom is -0.402 e. The topological polar surface area (TPSA) is 96.8 Å². The standard InChI is InChI=1S/3C12H23N.BH3O3/c3*1-3-7-11(8-4-1)13-12-9-5-2-6-10-12;2-1(3)4/h3*11-13H,1-10H2;2-4H. The third-order valence-electron chi connectivity index (χ3n) is 11.0. The van der Waals surface area contributed by atoms with Crippen LogP contribution in [0, 0.1) is 0 Å².